The van der Waals surface area contributed by atoms with E-state index in [-0.39, 0.29) is 17.9 Å². The molecule has 5 nitrogen and oxygen atoms in total. The van der Waals surface area contributed by atoms with Gasteiger partial charge < -0.3 is 19.9 Å². The Morgan fingerprint density at radius 3 is 2.59 bits per heavy atom. The van der Waals surface area contributed by atoms with Crippen molar-refractivity contribution >= 4 is 5.78 Å². The zero-order chi connectivity index (χ0) is 16.8. The first-order valence-corrected chi connectivity index (χ1v) is 7.41. The van der Waals surface area contributed by atoms with Crippen molar-refractivity contribution < 1.29 is 19.4 Å². The van der Waals surface area contributed by atoms with Crippen LogP contribution in [0.3, 0.4) is 0 Å². The van der Waals surface area contributed by atoms with Crippen molar-refractivity contribution in [1.82, 2.24) is 5.32 Å². The Bertz CT molecular complexity index is 494. The smallest absolute Gasteiger partial charge is 0.159 e. The minimum absolute atomic E-state index is 0.00156. The predicted molar refractivity (Wildman–Crippen MR) is 86.4 cm³/mol. The lowest BCUT2D eigenvalue weighted by Crippen LogP contribution is -2.42. The Kier molecular flexibility index (Phi) is 7.00. The number of carbonyl (C=O) groups excluding carboxylic acids is 1. The molecule has 0 aliphatic rings. The molecule has 2 N–H and O–H groups in total. The van der Waals surface area contributed by atoms with Gasteiger partial charge in [-0.15, -0.1) is 0 Å². The van der Waals surface area contributed by atoms with E-state index in [2.05, 4.69) is 5.32 Å². The molecule has 1 unspecified atom stereocenters. The molecule has 0 aliphatic carbocycles. The fourth-order valence-electron chi connectivity index (χ4n) is 1.88. The van der Waals surface area contributed by atoms with Crippen molar-refractivity contribution in [2.24, 2.45) is 0 Å². The van der Waals surface area contributed by atoms with Crippen LogP contribution < -0.4 is 10.1 Å². The average molecular weight is 309 g/mol. The van der Waals surface area contributed by atoms with Gasteiger partial charge in [0.2, 0.25) is 0 Å². The van der Waals surface area contributed by atoms with Gasteiger partial charge in [0, 0.05) is 30.3 Å². The monoisotopic (exact) mass is 309 g/mol. The van der Waals surface area contributed by atoms with Gasteiger partial charge in [0.25, 0.3) is 0 Å². The van der Waals surface area contributed by atoms with Crippen LogP contribution in [0.4, 0.5) is 0 Å². The molecule has 0 amide bonds. The van der Waals surface area contributed by atoms with Crippen molar-refractivity contribution in [1.29, 1.82) is 0 Å². The summed E-state index contributed by atoms with van der Waals surface area (Å²) in [6.45, 7) is 8.63. The lowest BCUT2D eigenvalue weighted by molar-refractivity contribution is 0.0973. The normalized spacial score (nSPS) is 13.0. The summed E-state index contributed by atoms with van der Waals surface area (Å²) in [6.07, 6.45) is -0.609. The van der Waals surface area contributed by atoms with E-state index in [0.717, 1.165) is 5.56 Å². The maximum atomic E-state index is 11.4. The topological polar surface area (TPSA) is 67.8 Å². The molecule has 22 heavy (non-hydrogen) atoms. The highest BCUT2D eigenvalue weighted by Gasteiger charge is 2.14. The molecule has 0 spiro atoms. The number of ketones is 1. The predicted octanol–water partition coefficient (Wildman–Crippen LogP) is 2.16. The Morgan fingerprint density at radius 2 is 2.05 bits per heavy atom. The quantitative estimate of drug-likeness (QED) is 0.720. The standard InChI is InChI=1S/C17H27NO4/c1-12(19)13-6-7-16(14(8-13)10-21-5)22-11-15(20)9-18-17(2,3)4/h6-8,15,18,20H,9-11H2,1-5H3. The van der Waals surface area contributed by atoms with Crippen LogP contribution in [0.2, 0.25) is 0 Å². The van der Waals surface area contributed by atoms with Crippen LogP contribution in [0.25, 0.3) is 0 Å². The minimum Gasteiger partial charge on any atom is -0.490 e. The van der Waals surface area contributed by atoms with Crippen LogP contribution in [0, 0.1) is 0 Å². The third-order valence-corrected chi connectivity index (χ3v) is 3.07. The van der Waals surface area contributed by atoms with Crippen LogP contribution in [-0.4, -0.2) is 42.8 Å². The molecule has 0 bridgehead atoms. The molecule has 124 valence electrons. The van der Waals surface area contributed by atoms with Crippen molar-refractivity contribution in [3.05, 3.63) is 29.3 Å². The van der Waals surface area contributed by atoms with Gasteiger partial charge in [0.15, 0.2) is 5.78 Å². The van der Waals surface area contributed by atoms with Gasteiger partial charge in [-0.1, -0.05) is 0 Å². The molecule has 0 aromatic heterocycles. The molecule has 1 aromatic rings. The number of ether oxygens (including phenoxy) is 2. The number of methoxy groups -OCH3 is 1. The number of nitrogens with one attached hydrogen (secondary N) is 1. The molecule has 1 rings (SSSR count). The molecule has 0 heterocycles. The first-order valence-electron chi connectivity index (χ1n) is 7.41. The summed E-state index contributed by atoms with van der Waals surface area (Å²) < 4.78 is 10.8. The summed E-state index contributed by atoms with van der Waals surface area (Å²) in [7, 11) is 1.59. The number of β-amino-alcohol motifs (C(OH)–C–C–N with tert-alkyl or cyclic N) is 1. The molecule has 0 saturated heterocycles. The number of hydrogen-bond donors (Lipinski definition) is 2. The highest BCUT2D eigenvalue weighted by Crippen LogP contribution is 2.21. The third-order valence-electron chi connectivity index (χ3n) is 3.07. The molecule has 5 heteroatoms. The molecule has 0 saturated carbocycles. The van der Waals surface area contributed by atoms with E-state index < -0.39 is 6.10 Å². The zero-order valence-electron chi connectivity index (χ0n) is 14.1. The van der Waals surface area contributed by atoms with E-state index in [4.69, 9.17) is 9.47 Å². The Balaban J connectivity index is 2.66. The van der Waals surface area contributed by atoms with Crippen molar-refractivity contribution in [2.45, 2.75) is 45.9 Å². The number of carbonyl (C=O) groups is 1. The second-order valence-corrected chi connectivity index (χ2v) is 6.41. The highest BCUT2D eigenvalue weighted by molar-refractivity contribution is 5.94. The van der Waals surface area contributed by atoms with Gasteiger partial charge in [-0.05, 0) is 45.9 Å². The Hall–Kier alpha value is -1.43. The first-order chi connectivity index (χ1) is 10.2. The lowest BCUT2D eigenvalue weighted by Gasteiger charge is -2.23. The van der Waals surface area contributed by atoms with Crippen molar-refractivity contribution in [2.75, 3.05) is 20.3 Å². The van der Waals surface area contributed by atoms with E-state index in [1.54, 1.807) is 25.3 Å². The summed E-state index contributed by atoms with van der Waals surface area (Å²) in [6, 6.07) is 5.23. The third kappa shape index (κ3) is 6.56. The minimum atomic E-state index is -0.609. The summed E-state index contributed by atoms with van der Waals surface area (Å²) >= 11 is 0. The SMILES string of the molecule is COCc1cc(C(C)=O)ccc1OCC(O)CNC(C)(C)C. The zero-order valence-corrected chi connectivity index (χ0v) is 14.1. The van der Waals surface area contributed by atoms with Gasteiger partial charge in [-0.2, -0.15) is 0 Å². The van der Waals surface area contributed by atoms with Gasteiger partial charge >= 0.3 is 0 Å². The average Bonchev–Trinajstić information content (AvgIpc) is 2.43. The second-order valence-electron chi connectivity index (χ2n) is 6.41. The number of benzene rings is 1. The molecule has 0 aliphatic heterocycles. The van der Waals surface area contributed by atoms with E-state index in [1.807, 2.05) is 20.8 Å². The van der Waals surface area contributed by atoms with Crippen LogP contribution in [0.15, 0.2) is 18.2 Å². The van der Waals surface area contributed by atoms with E-state index in [9.17, 15) is 9.90 Å². The number of rotatable bonds is 8. The van der Waals surface area contributed by atoms with Crippen molar-refractivity contribution in [3.8, 4) is 5.75 Å². The number of aliphatic hydroxyl groups is 1. The summed E-state index contributed by atoms with van der Waals surface area (Å²) in [5, 5.41) is 13.2. The molecule has 0 fully saturated rings. The van der Waals surface area contributed by atoms with Crippen molar-refractivity contribution in [3.63, 3.8) is 0 Å². The maximum absolute atomic E-state index is 11.4. The second kappa shape index (κ2) is 8.27. The van der Waals surface area contributed by atoms with Gasteiger partial charge in [-0.25, -0.2) is 0 Å². The van der Waals surface area contributed by atoms with E-state index >= 15 is 0 Å². The molecule has 1 atom stereocenters. The molecule has 0 radical (unpaired) electrons. The van der Waals surface area contributed by atoms with Crippen LogP contribution in [-0.2, 0) is 11.3 Å². The molecular weight excluding hydrogens is 282 g/mol. The number of aliphatic hydroxyl groups excluding tert-OH is 1. The fraction of sp³-hybridized carbons (Fsp3) is 0.588. The highest BCUT2D eigenvalue weighted by atomic mass is 16.5. The Labute approximate surface area is 132 Å². The van der Waals surface area contributed by atoms with Crippen LogP contribution in [0.5, 0.6) is 5.75 Å². The molecule has 1 aromatic carbocycles. The van der Waals surface area contributed by atoms with Crippen LogP contribution >= 0.6 is 0 Å². The fourth-order valence-corrected chi connectivity index (χ4v) is 1.88. The largest absolute Gasteiger partial charge is 0.490 e. The summed E-state index contributed by atoms with van der Waals surface area (Å²) in [5.74, 6) is 0.625. The first kappa shape index (κ1) is 18.6. The van der Waals surface area contributed by atoms with Gasteiger partial charge in [0.1, 0.15) is 18.5 Å². The Morgan fingerprint density at radius 1 is 1.36 bits per heavy atom. The van der Waals surface area contributed by atoms with E-state index in [0.29, 0.717) is 24.5 Å². The van der Waals surface area contributed by atoms with Gasteiger partial charge in [-0.3, -0.25) is 4.79 Å². The number of hydrogen-bond acceptors (Lipinski definition) is 5. The number of Topliss-reactive ketones (excluding diaryl/α,β-unsaturated/α-hetero) is 1. The summed E-state index contributed by atoms with van der Waals surface area (Å²) in [4.78, 5) is 11.4. The maximum Gasteiger partial charge on any atom is 0.159 e. The van der Waals surface area contributed by atoms with Crippen LogP contribution in [0.1, 0.15) is 43.6 Å². The molecular formula is C17H27NO4. The lowest BCUT2D eigenvalue weighted by atomic mass is 10.1. The van der Waals surface area contributed by atoms with E-state index in [1.165, 1.54) is 6.92 Å². The summed E-state index contributed by atoms with van der Waals surface area (Å²) in [5.41, 5.74) is 1.37. The van der Waals surface area contributed by atoms with Gasteiger partial charge in [0.05, 0.1) is 6.61 Å².